The molecule has 7 heteroatoms. The second-order valence-electron chi connectivity index (χ2n) is 8.21. The number of allylic oxidation sites excluding steroid dienone is 1. The van der Waals surface area contributed by atoms with E-state index in [-0.39, 0.29) is 22.2 Å². The van der Waals surface area contributed by atoms with Crippen LogP contribution < -0.4 is 5.73 Å². The number of nitrogens with zero attached hydrogens (tertiary/aromatic N) is 1. The van der Waals surface area contributed by atoms with E-state index in [9.17, 15) is 8.42 Å². The molecule has 0 spiro atoms. The molecule has 0 amide bonds. The minimum Gasteiger partial charge on any atom is -0.406 e. The van der Waals surface area contributed by atoms with Gasteiger partial charge in [0, 0.05) is 6.54 Å². The Morgan fingerprint density at radius 3 is 2.46 bits per heavy atom. The smallest absolute Gasteiger partial charge is 0.245 e. The van der Waals surface area contributed by atoms with E-state index >= 15 is 0 Å². The summed E-state index contributed by atoms with van der Waals surface area (Å²) in [6.07, 6.45) is 3.19. The van der Waals surface area contributed by atoms with Gasteiger partial charge in [-0.25, -0.2) is 8.42 Å². The molecule has 0 aliphatic heterocycles. The van der Waals surface area contributed by atoms with Crippen LogP contribution in [0.5, 0.6) is 0 Å². The van der Waals surface area contributed by atoms with Crippen molar-refractivity contribution in [2.75, 3.05) is 25.4 Å². The Morgan fingerprint density at radius 1 is 1.25 bits per heavy atom. The van der Waals surface area contributed by atoms with Crippen molar-refractivity contribution in [1.82, 2.24) is 4.31 Å². The molecule has 0 atom stereocenters. The SMILES string of the molecule is C=CCCCN(CC#CCO[Si](C)(C)C(C)(C)C)S(=O)(=O)c1ccccc1N. The van der Waals surface area contributed by atoms with Crippen LogP contribution in [0.2, 0.25) is 18.1 Å². The van der Waals surface area contributed by atoms with Crippen molar-refractivity contribution in [1.29, 1.82) is 0 Å². The van der Waals surface area contributed by atoms with E-state index in [0.29, 0.717) is 19.6 Å². The Balaban J connectivity index is 2.90. The maximum absolute atomic E-state index is 13.0. The Bertz CT molecular complexity index is 818. The molecule has 0 aliphatic carbocycles. The summed E-state index contributed by atoms with van der Waals surface area (Å²) >= 11 is 0. The maximum Gasteiger partial charge on any atom is 0.245 e. The molecule has 0 aliphatic rings. The van der Waals surface area contributed by atoms with Crippen LogP contribution in [0, 0.1) is 11.8 Å². The van der Waals surface area contributed by atoms with Gasteiger partial charge in [0.15, 0.2) is 8.32 Å². The van der Waals surface area contributed by atoms with Gasteiger partial charge in [-0.1, -0.05) is 50.8 Å². The third-order valence-electron chi connectivity index (χ3n) is 5.04. The van der Waals surface area contributed by atoms with Crippen LogP contribution in [0.1, 0.15) is 33.6 Å². The second kappa shape index (κ2) is 10.3. The molecular formula is C21H34N2O3SSi. The first-order valence-electron chi connectivity index (χ1n) is 9.48. The molecule has 0 saturated carbocycles. The summed E-state index contributed by atoms with van der Waals surface area (Å²) in [4.78, 5) is 0.118. The Hall–Kier alpha value is -1.59. The number of anilines is 1. The highest BCUT2D eigenvalue weighted by atomic mass is 32.2. The molecule has 2 N–H and O–H groups in total. The summed E-state index contributed by atoms with van der Waals surface area (Å²) in [6.45, 7) is 15.3. The predicted molar refractivity (Wildman–Crippen MR) is 120 cm³/mol. The van der Waals surface area contributed by atoms with Gasteiger partial charge in [-0.3, -0.25) is 0 Å². The highest BCUT2D eigenvalue weighted by Crippen LogP contribution is 2.36. The van der Waals surface area contributed by atoms with Crippen molar-refractivity contribution in [2.24, 2.45) is 0 Å². The largest absolute Gasteiger partial charge is 0.406 e. The molecule has 0 radical (unpaired) electrons. The topological polar surface area (TPSA) is 72.6 Å². The molecule has 1 aromatic carbocycles. The van der Waals surface area contributed by atoms with Gasteiger partial charge in [0.1, 0.15) is 4.90 Å². The van der Waals surface area contributed by atoms with E-state index in [0.717, 1.165) is 6.42 Å². The average molecular weight is 423 g/mol. The molecule has 0 saturated heterocycles. The molecule has 28 heavy (non-hydrogen) atoms. The molecule has 156 valence electrons. The fraction of sp³-hybridized carbons (Fsp3) is 0.524. The van der Waals surface area contributed by atoms with Gasteiger partial charge in [-0.05, 0) is 43.1 Å². The molecule has 0 bridgehead atoms. The Kier molecular flexibility index (Phi) is 8.96. The van der Waals surface area contributed by atoms with Crippen LogP contribution in [-0.2, 0) is 14.4 Å². The first kappa shape index (κ1) is 24.4. The minimum absolute atomic E-state index is 0.106. The van der Waals surface area contributed by atoms with Crippen LogP contribution >= 0.6 is 0 Å². The van der Waals surface area contributed by atoms with Gasteiger partial charge in [0.25, 0.3) is 0 Å². The molecule has 0 fully saturated rings. The number of sulfonamides is 1. The quantitative estimate of drug-likeness (QED) is 0.212. The van der Waals surface area contributed by atoms with Crippen LogP contribution in [0.3, 0.4) is 0 Å². The maximum atomic E-state index is 13.0. The lowest BCUT2D eigenvalue weighted by Gasteiger charge is -2.35. The Morgan fingerprint density at radius 2 is 1.89 bits per heavy atom. The second-order valence-corrected chi connectivity index (χ2v) is 14.9. The summed E-state index contributed by atoms with van der Waals surface area (Å²) in [5.41, 5.74) is 6.13. The average Bonchev–Trinajstić information content (AvgIpc) is 2.59. The van der Waals surface area contributed by atoms with E-state index in [1.165, 1.54) is 10.4 Å². The lowest BCUT2D eigenvalue weighted by atomic mass is 10.2. The van der Waals surface area contributed by atoms with Gasteiger partial charge in [-0.2, -0.15) is 4.31 Å². The predicted octanol–water partition coefficient (Wildman–Crippen LogP) is 4.25. The van der Waals surface area contributed by atoms with E-state index in [2.05, 4.69) is 52.3 Å². The van der Waals surface area contributed by atoms with Crippen LogP contribution in [0.15, 0.2) is 41.8 Å². The third-order valence-corrected chi connectivity index (χ3v) is 11.4. The van der Waals surface area contributed by atoms with E-state index < -0.39 is 18.3 Å². The summed E-state index contributed by atoms with van der Waals surface area (Å²) < 4.78 is 33.5. The third kappa shape index (κ3) is 6.78. The van der Waals surface area contributed by atoms with Crippen molar-refractivity contribution >= 4 is 24.0 Å². The molecule has 1 rings (SSSR count). The number of nitrogens with two attached hydrogens (primary N) is 1. The van der Waals surface area contributed by atoms with Gasteiger partial charge in [-0.15, -0.1) is 6.58 Å². The molecule has 0 heterocycles. The lowest BCUT2D eigenvalue weighted by Crippen LogP contribution is -2.40. The van der Waals surface area contributed by atoms with Crippen molar-refractivity contribution in [2.45, 2.75) is 56.6 Å². The van der Waals surface area contributed by atoms with Gasteiger partial charge < -0.3 is 10.2 Å². The number of hydrogen-bond donors (Lipinski definition) is 1. The zero-order chi connectivity index (χ0) is 21.4. The summed E-state index contributed by atoms with van der Waals surface area (Å²) in [5.74, 6) is 5.94. The van der Waals surface area contributed by atoms with E-state index in [1.54, 1.807) is 24.3 Å². The van der Waals surface area contributed by atoms with E-state index in [1.807, 2.05) is 0 Å². The monoisotopic (exact) mass is 422 g/mol. The van der Waals surface area contributed by atoms with Crippen molar-refractivity contribution in [3.05, 3.63) is 36.9 Å². The molecule has 1 aromatic rings. The molecular weight excluding hydrogens is 388 g/mol. The van der Waals surface area contributed by atoms with Gasteiger partial charge in [0.05, 0.1) is 18.8 Å². The summed E-state index contributed by atoms with van der Waals surface area (Å²) in [7, 11) is -5.58. The van der Waals surface area contributed by atoms with Crippen LogP contribution in [-0.4, -0.2) is 40.7 Å². The summed E-state index contributed by atoms with van der Waals surface area (Å²) in [6, 6.07) is 6.50. The fourth-order valence-corrected chi connectivity index (χ4v) is 4.54. The fourth-order valence-electron chi connectivity index (χ4n) is 2.18. The number of unbranched alkanes of at least 4 members (excludes halogenated alkanes) is 1. The normalized spacial score (nSPS) is 12.5. The van der Waals surface area contributed by atoms with Crippen LogP contribution in [0.25, 0.3) is 0 Å². The highest BCUT2D eigenvalue weighted by molar-refractivity contribution is 7.89. The van der Waals surface area contributed by atoms with Crippen molar-refractivity contribution < 1.29 is 12.8 Å². The number of rotatable bonds is 9. The van der Waals surface area contributed by atoms with Crippen LogP contribution in [0.4, 0.5) is 5.69 Å². The van der Waals surface area contributed by atoms with Gasteiger partial charge >= 0.3 is 0 Å². The molecule has 0 aromatic heterocycles. The Labute approximate surface area is 172 Å². The molecule has 0 unspecified atom stereocenters. The lowest BCUT2D eigenvalue weighted by molar-refractivity contribution is 0.334. The zero-order valence-electron chi connectivity index (χ0n) is 17.8. The minimum atomic E-state index is -3.71. The highest BCUT2D eigenvalue weighted by Gasteiger charge is 2.36. The zero-order valence-corrected chi connectivity index (χ0v) is 19.6. The summed E-state index contributed by atoms with van der Waals surface area (Å²) in [5, 5.41) is 0.111. The first-order chi connectivity index (χ1) is 12.9. The molecule has 5 nitrogen and oxygen atoms in total. The van der Waals surface area contributed by atoms with Crippen molar-refractivity contribution in [3.8, 4) is 11.8 Å². The van der Waals surface area contributed by atoms with Gasteiger partial charge in [0.2, 0.25) is 10.0 Å². The number of nitrogen functional groups attached to an aromatic ring is 1. The van der Waals surface area contributed by atoms with Crippen molar-refractivity contribution in [3.63, 3.8) is 0 Å². The number of benzene rings is 1. The number of hydrogen-bond acceptors (Lipinski definition) is 4. The number of para-hydroxylation sites is 1. The first-order valence-corrected chi connectivity index (χ1v) is 13.8. The standard InChI is InChI=1S/C21H34N2O3SSi/c1-7-8-11-16-23(27(24,25)20-15-10-9-14-19(20)22)17-12-13-18-26-28(5,6)21(2,3)4/h7,9-10,14-15H,1,8,11,16-18,22H2,2-6H3. The van der Waals surface area contributed by atoms with E-state index in [4.69, 9.17) is 10.2 Å².